The lowest BCUT2D eigenvalue weighted by molar-refractivity contribution is -0.385. The number of likely N-dealkylation sites (N-methyl/N-ethyl adjacent to an activating group) is 1. The highest BCUT2D eigenvalue weighted by atomic mass is 16.6. The number of nitrogens with zero attached hydrogens (tertiary/aromatic N) is 4. The van der Waals surface area contributed by atoms with Crippen LogP contribution in [0.25, 0.3) is 0 Å². The Morgan fingerprint density at radius 2 is 2.10 bits per heavy atom. The summed E-state index contributed by atoms with van der Waals surface area (Å²) in [6, 6.07) is 0. The van der Waals surface area contributed by atoms with Gasteiger partial charge in [-0.15, -0.1) is 0 Å². The maximum absolute atomic E-state index is 11.7. The summed E-state index contributed by atoms with van der Waals surface area (Å²) in [7, 11) is 3.27. The fraction of sp³-hybridized carbons (Fsp3) is 0.545. The summed E-state index contributed by atoms with van der Waals surface area (Å²) >= 11 is 0. The van der Waals surface area contributed by atoms with Gasteiger partial charge in [-0.2, -0.15) is 4.98 Å². The van der Waals surface area contributed by atoms with Gasteiger partial charge in [-0.1, -0.05) is 0 Å². The summed E-state index contributed by atoms with van der Waals surface area (Å²) in [4.78, 5) is 31.6. The van der Waals surface area contributed by atoms with Crippen LogP contribution in [0.1, 0.15) is 12.6 Å². The first-order valence-electron chi connectivity index (χ1n) is 6.09. The Bertz CT molecular complexity index is 519. The van der Waals surface area contributed by atoms with Crippen molar-refractivity contribution in [1.82, 2.24) is 14.9 Å². The number of amides is 1. The Labute approximate surface area is 116 Å². The summed E-state index contributed by atoms with van der Waals surface area (Å²) in [5.41, 5.74) is 0.00379. The largest absolute Gasteiger partial charge is 0.357 e. The number of aromatic nitrogens is 2. The number of hydrogen-bond donors (Lipinski definition) is 2. The van der Waals surface area contributed by atoms with Crippen molar-refractivity contribution >= 4 is 23.4 Å². The number of carbonyl (C=O) groups is 1. The molecule has 0 fully saturated rings. The van der Waals surface area contributed by atoms with E-state index >= 15 is 0 Å². The second-order valence-corrected chi connectivity index (χ2v) is 4.10. The van der Waals surface area contributed by atoms with Gasteiger partial charge in [0.1, 0.15) is 5.69 Å². The first kappa shape index (κ1) is 15.6. The first-order valence-corrected chi connectivity index (χ1v) is 6.09. The zero-order valence-electron chi connectivity index (χ0n) is 11.9. The fourth-order valence-electron chi connectivity index (χ4n) is 1.49. The van der Waals surface area contributed by atoms with Gasteiger partial charge in [-0.05, 0) is 13.8 Å². The van der Waals surface area contributed by atoms with Gasteiger partial charge in [0.15, 0.2) is 0 Å². The third-order valence-corrected chi connectivity index (χ3v) is 2.77. The van der Waals surface area contributed by atoms with Crippen LogP contribution < -0.4 is 10.6 Å². The lowest BCUT2D eigenvalue weighted by Crippen LogP contribution is -2.32. The van der Waals surface area contributed by atoms with Crippen molar-refractivity contribution in [3.63, 3.8) is 0 Å². The Morgan fingerprint density at radius 1 is 1.45 bits per heavy atom. The van der Waals surface area contributed by atoms with Crippen LogP contribution in [-0.2, 0) is 4.79 Å². The SMILES string of the molecule is CCN(C)C(=O)CNc1nc(NC)nc(C)c1[N+](=O)[O-]. The van der Waals surface area contributed by atoms with Gasteiger partial charge in [-0.3, -0.25) is 14.9 Å². The van der Waals surface area contributed by atoms with Crippen molar-refractivity contribution in [2.45, 2.75) is 13.8 Å². The number of anilines is 2. The van der Waals surface area contributed by atoms with Crippen molar-refractivity contribution < 1.29 is 9.72 Å². The second kappa shape index (κ2) is 6.64. The summed E-state index contributed by atoms with van der Waals surface area (Å²) in [6.45, 7) is 3.86. The molecule has 0 aliphatic rings. The third kappa shape index (κ3) is 3.53. The molecule has 0 radical (unpaired) electrons. The molecule has 1 aromatic rings. The number of rotatable bonds is 6. The molecular weight excluding hydrogens is 264 g/mol. The van der Waals surface area contributed by atoms with Crippen molar-refractivity contribution in [1.29, 1.82) is 0 Å². The molecule has 20 heavy (non-hydrogen) atoms. The highest BCUT2D eigenvalue weighted by Crippen LogP contribution is 2.26. The molecule has 0 saturated heterocycles. The molecule has 0 aliphatic carbocycles. The molecule has 2 N–H and O–H groups in total. The Morgan fingerprint density at radius 3 is 2.60 bits per heavy atom. The fourth-order valence-corrected chi connectivity index (χ4v) is 1.49. The number of nitrogens with one attached hydrogen (secondary N) is 2. The smallest absolute Gasteiger partial charge is 0.332 e. The molecule has 0 spiro atoms. The molecule has 110 valence electrons. The molecule has 1 rings (SSSR count). The first-order chi connectivity index (χ1) is 9.40. The van der Waals surface area contributed by atoms with E-state index in [0.717, 1.165) is 0 Å². The van der Waals surface area contributed by atoms with Gasteiger partial charge in [0, 0.05) is 20.6 Å². The van der Waals surface area contributed by atoms with Crippen LogP contribution in [-0.4, -0.2) is 52.9 Å². The summed E-state index contributed by atoms with van der Waals surface area (Å²) in [5, 5.41) is 16.5. The molecule has 0 aromatic carbocycles. The summed E-state index contributed by atoms with van der Waals surface area (Å²) in [5.74, 6) is 0.112. The van der Waals surface area contributed by atoms with Gasteiger partial charge < -0.3 is 15.5 Å². The number of nitro groups is 1. The predicted octanol–water partition coefficient (Wildman–Crippen LogP) is 0.625. The molecule has 0 bridgehead atoms. The quantitative estimate of drug-likeness (QED) is 0.581. The monoisotopic (exact) mass is 282 g/mol. The molecule has 1 heterocycles. The van der Waals surface area contributed by atoms with Gasteiger partial charge in [-0.25, -0.2) is 4.98 Å². The van der Waals surface area contributed by atoms with E-state index in [9.17, 15) is 14.9 Å². The van der Waals surface area contributed by atoms with Gasteiger partial charge in [0.2, 0.25) is 17.7 Å². The predicted molar refractivity (Wildman–Crippen MR) is 74.8 cm³/mol. The third-order valence-electron chi connectivity index (χ3n) is 2.77. The molecular formula is C11H18N6O3. The highest BCUT2D eigenvalue weighted by molar-refractivity contribution is 5.81. The van der Waals surface area contributed by atoms with Crippen molar-refractivity contribution in [3.05, 3.63) is 15.8 Å². The van der Waals surface area contributed by atoms with Crippen molar-refractivity contribution in [2.75, 3.05) is 37.8 Å². The number of hydrogen-bond acceptors (Lipinski definition) is 7. The average molecular weight is 282 g/mol. The van der Waals surface area contributed by atoms with E-state index in [2.05, 4.69) is 20.6 Å². The number of aryl methyl sites for hydroxylation is 1. The van der Waals surface area contributed by atoms with Crippen LogP contribution in [0, 0.1) is 17.0 Å². The zero-order valence-corrected chi connectivity index (χ0v) is 11.9. The van der Waals surface area contributed by atoms with Crippen LogP contribution >= 0.6 is 0 Å². The summed E-state index contributed by atoms with van der Waals surface area (Å²) in [6.07, 6.45) is 0. The van der Waals surface area contributed by atoms with Crippen LogP contribution in [0.3, 0.4) is 0 Å². The normalized spacial score (nSPS) is 10.0. The maximum atomic E-state index is 11.7. The van der Waals surface area contributed by atoms with Crippen LogP contribution in [0.5, 0.6) is 0 Å². The van der Waals surface area contributed by atoms with E-state index < -0.39 is 4.92 Å². The van der Waals surface area contributed by atoms with Gasteiger partial charge in [0.25, 0.3) is 0 Å². The van der Waals surface area contributed by atoms with Crippen LogP contribution in [0.2, 0.25) is 0 Å². The molecule has 0 aliphatic heterocycles. The van der Waals surface area contributed by atoms with E-state index in [4.69, 9.17) is 0 Å². The molecule has 0 saturated carbocycles. The standard InChI is InChI=1S/C11H18N6O3/c1-5-16(4)8(18)6-13-10-9(17(19)20)7(2)14-11(12-3)15-10/h5-6H2,1-4H3,(H2,12,13,14,15). The van der Waals surface area contributed by atoms with Crippen LogP contribution in [0.15, 0.2) is 0 Å². The number of carbonyl (C=O) groups excluding carboxylic acids is 1. The zero-order chi connectivity index (χ0) is 15.3. The van der Waals surface area contributed by atoms with E-state index in [1.54, 1.807) is 14.1 Å². The topological polar surface area (TPSA) is 113 Å². The van der Waals surface area contributed by atoms with Gasteiger partial charge >= 0.3 is 5.69 Å². The Hall–Kier alpha value is -2.45. The van der Waals surface area contributed by atoms with Crippen molar-refractivity contribution in [3.8, 4) is 0 Å². The van der Waals surface area contributed by atoms with Crippen LogP contribution in [0.4, 0.5) is 17.5 Å². The minimum absolute atomic E-state index is 0.0321. The molecule has 0 unspecified atom stereocenters. The summed E-state index contributed by atoms with van der Waals surface area (Å²) < 4.78 is 0. The molecule has 9 heteroatoms. The van der Waals surface area contributed by atoms with Crippen molar-refractivity contribution in [2.24, 2.45) is 0 Å². The minimum Gasteiger partial charge on any atom is -0.357 e. The Balaban J connectivity index is 3.00. The Kier molecular flexibility index (Phi) is 5.18. The molecule has 9 nitrogen and oxygen atoms in total. The average Bonchev–Trinajstić information content (AvgIpc) is 2.42. The lowest BCUT2D eigenvalue weighted by Gasteiger charge is -2.15. The van der Waals surface area contributed by atoms with E-state index in [1.807, 2.05) is 6.92 Å². The van der Waals surface area contributed by atoms with E-state index in [0.29, 0.717) is 6.54 Å². The molecule has 1 amide bonds. The lowest BCUT2D eigenvalue weighted by atomic mass is 10.3. The van der Waals surface area contributed by atoms with E-state index in [1.165, 1.54) is 11.8 Å². The van der Waals surface area contributed by atoms with E-state index in [-0.39, 0.29) is 35.6 Å². The minimum atomic E-state index is -0.564. The highest BCUT2D eigenvalue weighted by Gasteiger charge is 2.22. The molecule has 0 atom stereocenters. The maximum Gasteiger partial charge on any atom is 0.332 e. The second-order valence-electron chi connectivity index (χ2n) is 4.10. The molecule has 1 aromatic heterocycles. The van der Waals surface area contributed by atoms with Gasteiger partial charge in [0.05, 0.1) is 11.5 Å².